The summed E-state index contributed by atoms with van der Waals surface area (Å²) in [4.78, 5) is 20.2. The smallest absolute Gasteiger partial charge is 0.165 e. The zero-order chi connectivity index (χ0) is 26.2. The summed E-state index contributed by atoms with van der Waals surface area (Å²) >= 11 is 0. The molecule has 9 aromatic rings. The van der Waals surface area contributed by atoms with Crippen molar-refractivity contribution >= 4 is 66.2 Å². The van der Waals surface area contributed by atoms with Crippen molar-refractivity contribution in [2.24, 2.45) is 0 Å². The molecular formula is C34H20N6. The first kappa shape index (κ1) is 21.3. The van der Waals surface area contributed by atoms with E-state index in [4.69, 9.17) is 19.9 Å². The molecule has 0 atom stereocenters. The maximum atomic E-state index is 5.09. The second kappa shape index (κ2) is 7.94. The molecule has 0 radical (unpaired) electrons. The summed E-state index contributed by atoms with van der Waals surface area (Å²) in [5.41, 5.74) is 11.2. The van der Waals surface area contributed by atoms with Gasteiger partial charge in [-0.15, -0.1) is 0 Å². The predicted octanol–water partition coefficient (Wildman–Crippen LogP) is 7.77. The molecule has 186 valence electrons. The molecule has 0 unspecified atom stereocenters. The highest BCUT2D eigenvalue weighted by molar-refractivity contribution is 6.09. The Bertz CT molecular complexity index is 2280. The first-order valence-corrected chi connectivity index (χ1v) is 13.3. The molecular weight excluding hydrogens is 492 g/mol. The molecule has 0 amide bonds. The maximum Gasteiger partial charge on any atom is 0.165 e. The molecule has 0 N–H and O–H groups in total. The average Bonchev–Trinajstić information content (AvgIpc) is 3.51. The van der Waals surface area contributed by atoms with Gasteiger partial charge in [0.2, 0.25) is 0 Å². The van der Waals surface area contributed by atoms with Crippen molar-refractivity contribution < 1.29 is 0 Å². The van der Waals surface area contributed by atoms with Gasteiger partial charge in [-0.05, 0) is 54.6 Å². The Labute approximate surface area is 227 Å². The van der Waals surface area contributed by atoms with Crippen molar-refractivity contribution in [3.63, 3.8) is 0 Å². The lowest BCUT2D eigenvalue weighted by Crippen LogP contribution is -2.00. The van der Waals surface area contributed by atoms with Crippen LogP contribution in [-0.4, -0.2) is 29.1 Å². The summed E-state index contributed by atoms with van der Waals surface area (Å²) in [7, 11) is 0. The Balaban J connectivity index is 1.36. The zero-order valence-corrected chi connectivity index (χ0v) is 21.2. The van der Waals surface area contributed by atoms with Crippen LogP contribution >= 0.6 is 0 Å². The summed E-state index contributed by atoms with van der Waals surface area (Å²) in [6.45, 7) is 0. The molecule has 0 aliphatic rings. The molecule has 0 bridgehead atoms. The lowest BCUT2D eigenvalue weighted by Gasteiger charge is -2.12. The molecule has 9 rings (SSSR count). The van der Waals surface area contributed by atoms with E-state index in [9.17, 15) is 0 Å². The third-order valence-corrected chi connectivity index (χ3v) is 7.67. The largest absolute Gasteiger partial charge is 0.292 e. The summed E-state index contributed by atoms with van der Waals surface area (Å²) < 4.78 is 4.42. The van der Waals surface area contributed by atoms with Crippen molar-refractivity contribution in [2.45, 2.75) is 0 Å². The fraction of sp³-hybridized carbons (Fsp3) is 0. The molecule has 6 heteroatoms. The van der Waals surface area contributed by atoms with Crippen LogP contribution < -0.4 is 0 Å². The minimum atomic E-state index is 0.838. The molecule has 6 nitrogen and oxygen atoms in total. The van der Waals surface area contributed by atoms with Gasteiger partial charge in [0.05, 0.1) is 33.1 Å². The minimum Gasteiger partial charge on any atom is -0.292 e. The van der Waals surface area contributed by atoms with Gasteiger partial charge in [-0.1, -0.05) is 66.7 Å². The van der Waals surface area contributed by atoms with Crippen molar-refractivity contribution in [2.75, 3.05) is 0 Å². The van der Waals surface area contributed by atoms with Gasteiger partial charge in [0.25, 0.3) is 0 Å². The van der Waals surface area contributed by atoms with Gasteiger partial charge in [0.1, 0.15) is 11.0 Å². The van der Waals surface area contributed by atoms with Gasteiger partial charge in [-0.2, -0.15) is 0 Å². The normalized spacial score (nSPS) is 12.0. The van der Waals surface area contributed by atoms with Gasteiger partial charge in [-0.3, -0.25) is 9.13 Å². The van der Waals surface area contributed by atoms with Gasteiger partial charge in [0.15, 0.2) is 11.3 Å². The fourth-order valence-corrected chi connectivity index (χ4v) is 5.91. The number of fused-ring (bicyclic) bond motifs is 8. The van der Waals surface area contributed by atoms with Gasteiger partial charge in [-0.25, -0.2) is 19.9 Å². The van der Waals surface area contributed by atoms with E-state index in [1.165, 1.54) is 0 Å². The third kappa shape index (κ3) is 2.93. The van der Waals surface area contributed by atoms with Gasteiger partial charge in [0, 0.05) is 22.1 Å². The molecule has 0 saturated carbocycles. The van der Waals surface area contributed by atoms with E-state index in [1.54, 1.807) is 0 Å². The van der Waals surface area contributed by atoms with Crippen LogP contribution in [0.5, 0.6) is 0 Å². The number of rotatable bonds is 2. The van der Waals surface area contributed by atoms with E-state index >= 15 is 0 Å². The zero-order valence-electron chi connectivity index (χ0n) is 21.2. The highest BCUT2D eigenvalue weighted by Crippen LogP contribution is 2.34. The van der Waals surface area contributed by atoms with E-state index in [-0.39, 0.29) is 0 Å². The van der Waals surface area contributed by atoms with Crippen LogP contribution in [0.4, 0.5) is 0 Å². The van der Waals surface area contributed by atoms with Crippen LogP contribution in [-0.2, 0) is 0 Å². The summed E-state index contributed by atoms with van der Waals surface area (Å²) in [6.07, 6.45) is 0. The topological polar surface area (TPSA) is 61.4 Å². The average molecular weight is 513 g/mol. The number of aromatic nitrogens is 6. The Kier molecular flexibility index (Phi) is 4.24. The molecule has 0 saturated heterocycles. The number of nitrogens with zero attached hydrogens (tertiary/aromatic N) is 6. The maximum absolute atomic E-state index is 5.09. The standard InChI is InChI=1S/C34H20N6/c1-7-18-29-23(12-1)31-33(37-27-16-5-3-14-25(27)35-31)39(29)21-10-9-11-22(20-21)40-30-19-8-2-13-24(30)32-34(40)38-28-17-6-4-15-26(28)36-32/h1-20H. The van der Waals surface area contributed by atoms with Crippen molar-refractivity contribution in [1.29, 1.82) is 0 Å². The number of hydrogen-bond donors (Lipinski definition) is 0. The van der Waals surface area contributed by atoms with E-state index in [1.807, 2.05) is 48.5 Å². The Hall–Kier alpha value is -5.62. The van der Waals surface area contributed by atoms with Crippen LogP contribution in [0.1, 0.15) is 0 Å². The van der Waals surface area contributed by atoms with Crippen LogP contribution in [0.3, 0.4) is 0 Å². The SMILES string of the molecule is c1cc(-n2c3ccccc3c3nc4ccccc4nc32)cc(-n2c3ccccc3c3nc4ccccc4nc32)c1. The Morgan fingerprint density at radius 2 is 0.775 bits per heavy atom. The monoisotopic (exact) mass is 512 g/mol. The molecule has 4 aromatic heterocycles. The Morgan fingerprint density at radius 1 is 0.375 bits per heavy atom. The molecule has 0 aliphatic heterocycles. The summed E-state index contributed by atoms with van der Waals surface area (Å²) in [5.74, 6) is 0. The van der Waals surface area contributed by atoms with E-state index in [2.05, 4.69) is 81.9 Å². The van der Waals surface area contributed by atoms with E-state index < -0.39 is 0 Å². The van der Waals surface area contributed by atoms with Gasteiger partial charge < -0.3 is 0 Å². The lowest BCUT2D eigenvalue weighted by molar-refractivity contribution is 1.10. The van der Waals surface area contributed by atoms with E-state index in [0.29, 0.717) is 0 Å². The summed E-state index contributed by atoms with van der Waals surface area (Å²) in [5, 5.41) is 2.16. The second-order valence-corrected chi connectivity index (χ2v) is 9.99. The van der Waals surface area contributed by atoms with Crippen LogP contribution in [0.2, 0.25) is 0 Å². The molecule has 0 spiro atoms. The minimum absolute atomic E-state index is 0.838. The van der Waals surface area contributed by atoms with Gasteiger partial charge >= 0.3 is 0 Å². The van der Waals surface area contributed by atoms with Crippen molar-refractivity contribution in [3.8, 4) is 11.4 Å². The number of benzene rings is 5. The molecule has 5 aromatic carbocycles. The fourth-order valence-electron chi connectivity index (χ4n) is 5.91. The molecule has 0 fully saturated rings. The quantitative estimate of drug-likeness (QED) is 0.237. The predicted molar refractivity (Wildman–Crippen MR) is 161 cm³/mol. The van der Waals surface area contributed by atoms with Crippen molar-refractivity contribution in [3.05, 3.63) is 121 Å². The third-order valence-electron chi connectivity index (χ3n) is 7.67. The Morgan fingerprint density at radius 3 is 1.25 bits per heavy atom. The van der Waals surface area contributed by atoms with Crippen LogP contribution in [0.15, 0.2) is 121 Å². The molecule has 0 aliphatic carbocycles. The van der Waals surface area contributed by atoms with Crippen molar-refractivity contribution in [1.82, 2.24) is 29.1 Å². The highest BCUT2D eigenvalue weighted by atomic mass is 15.1. The number of para-hydroxylation sites is 6. The summed E-state index contributed by atoms with van der Waals surface area (Å²) in [6, 6.07) is 41.4. The van der Waals surface area contributed by atoms with Crippen LogP contribution in [0.25, 0.3) is 77.6 Å². The number of hydrogen-bond acceptors (Lipinski definition) is 4. The van der Waals surface area contributed by atoms with E-state index in [0.717, 1.165) is 77.6 Å². The van der Waals surface area contributed by atoms with Crippen LogP contribution in [0, 0.1) is 0 Å². The first-order valence-electron chi connectivity index (χ1n) is 13.3. The lowest BCUT2D eigenvalue weighted by atomic mass is 10.2. The molecule has 40 heavy (non-hydrogen) atoms. The first-order chi connectivity index (χ1) is 19.8. The molecule has 4 heterocycles. The second-order valence-electron chi connectivity index (χ2n) is 9.99. The highest BCUT2D eigenvalue weighted by Gasteiger charge is 2.19.